The number of aromatic nitrogens is 2. The summed E-state index contributed by atoms with van der Waals surface area (Å²) in [7, 11) is 1.47. The van der Waals surface area contributed by atoms with Crippen molar-refractivity contribution in [2.75, 3.05) is 18.6 Å². The molecule has 0 amide bonds. The van der Waals surface area contributed by atoms with E-state index in [0.29, 0.717) is 29.8 Å². The summed E-state index contributed by atoms with van der Waals surface area (Å²) in [5.74, 6) is 0.812. The SMILES string of the molecule is COc1c(N(CCC(N)=S)C2CC2)nc[nH]c1=O. The highest BCUT2D eigenvalue weighted by molar-refractivity contribution is 7.80. The van der Waals surface area contributed by atoms with E-state index in [0.717, 1.165) is 12.8 Å². The Bertz CT molecular complexity index is 498. The molecule has 7 heteroatoms. The summed E-state index contributed by atoms with van der Waals surface area (Å²) in [6.07, 6.45) is 4.17. The first-order valence-electron chi connectivity index (χ1n) is 5.80. The molecule has 0 spiro atoms. The Balaban J connectivity index is 2.27. The number of rotatable bonds is 6. The standard InChI is InChI=1S/C11H16N4O2S/c1-17-9-10(13-6-14-11(9)16)15(7-2-3-7)5-4-8(12)18/h6-7H,2-5H2,1H3,(H2,12,18)(H,13,14,16). The van der Waals surface area contributed by atoms with Crippen molar-refractivity contribution in [1.82, 2.24) is 9.97 Å². The summed E-state index contributed by atoms with van der Waals surface area (Å²) in [5, 5.41) is 0. The number of anilines is 1. The molecule has 0 unspecified atom stereocenters. The Labute approximate surface area is 110 Å². The number of nitrogens with two attached hydrogens (primary N) is 1. The van der Waals surface area contributed by atoms with Crippen molar-refractivity contribution in [2.24, 2.45) is 5.73 Å². The zero-order valence-corrected chi connectivity index (χ0v) is 11.0. The molecular formula is C11H16N4O2S. The van der Waals surface area contributed by atoms with E-state index in [2.05, 4.69) is 9.97 Å². The van der Waals surface area contributed by atoms with Crippen LogP contribution in [0.3, 0.4) is 0 Å². The van der Waals surface area contributed by atoms with Gasteiger partial charge in [0.2, 0.25) is 5.75 Å². The van der Waals surface area contributed by atoms with Gasteiger partial charge in [0, 0.05) is 19.0 Å². The molecule has 1 aliphatic rings. The summed E-state index contributed by atoms with van der Waals surface area (Å²) in [5.41, 5.74) is 5.25. The molecule has 1 fully saturated rings. The number of hydrogen-bond donors (Lipinski definition) is 2. The smallest absolute Gasteiger partial charge is 0.295 e. The van der Waals surface area contributed by atoms with Gasteiger partial charge in [0.1, 0.15) is 0 Å². The fourth-order valence-electron chi connectivity index (χ4n) is 1.84. The molecule has 0 saturated heterocycles. The van der Waals surface area contributed by atoms with Crippen molar-refractivity contribution in [3.05, 3.63) is 16.7 Å². The van der Waals surface area contributed by atoms with Crippen LogP contribution in [0.15, 0.2) is 11.1 Å². The molecule has 1 aromatic rings. The lowest BCUT2D eigenvalue weighted by Gasteiger charge is -2.24. The van der Waals surface area contributed by atoms with Gasteiger partial charge in [0.25, 0.3) is 5.56 Å². The highest BCUT2D eigenvalue weighted by Gasteiger charge is 2.32. The van der Waals surface area contributed by atoms with E-state index < -0.39 is 0 Å². The Morgan fingerprint density at radius 3 is 3.00 bits per heavy atom. The lowest BCUT2D eigenvalue weighted by Crippen LogP contribution is -2.32. The fraction of sp³-hybridized carbons (Fsp3) is 0.545. The Kier molecular flexibility index (Phi) is 3.81. The van der Waals surface area contributed by atoms with Crippen molar-refractivity contribution in [1.29, 1.82) is 0 Å². The van der Waals surface area contributed by atoms with Gasteiger partial charge in [-0.25, -0.2) is 4.98 Å². The van der Waals surface area contributed by atoms with E-state index in [1.807, 2.05) is 4.90 Å². The lowest BCUT2D eigenvalue weighted by molar-refractivity contribution is 0.405. The first-order valence-corrected chi connectivity index (χ1v) is 6.21. The third kappa shape index (κ3) is 2.79. The number of nitrogens with zero attached hydrogens (tertiary/aromatic N) is 2. The maximum Gasteiger partial charge on any atom is 0.295 e. The summed E-state index contributed by atoms with van der Waals surface area (Å²) >= 11 is 4.89. The van der Waals surface area contributed by atoms with Gasteiger partial charge in [0.05, 0.1) is 18.4 Å². The molecule has 18 heavy (non-hydrogen) atoms. The molecule has 2 rings (SSSR count). The van der Waals surface area contributed by atoms with E-state index in [1.54, 1.807) is 0 Å². The van der Waals surface area contributed by atoms with Crippen LogP contribution >= 0.6 is 12.2 Å². The second-order valence-corrected chi connectivity index (χ2v) is 4.75. The molecule has 1 aromatic heterocycles. The predicted molar refractivity (Wildman–Crippen MR) is 73.2 cm³/mol. The molecule has 1 saturated carbocycles. The molecule has 0 aliphatic heterocycles. The zero-order valence-electron chi connectivity index (χ0n) is 10.2. The second kappa shape index (κ2) is 5.34. The number of ether oxygens (including phenoxy) is 1. The minimum atomic E-state index is -0.275. The van der Waals surface area contributed by atoms with Crippen LogP contribution in [0.25, 0.3) is 0 Å². The second-order valence-electron chi connectivity index (χ2n) is 4.23. The van der Waals surface area contributed by atoms with Crippen molar-refractivity contribution in [2.45, 2.75) is 25.3 Å². The molecule has 0 atom stereocenters. The average Bonchev–Trinajstić information content (AvgIpc) is 3.13. The van der Waals surface area contributed by atoms with Gasteiger partial charge >= 0.3 is 0 Å². The quantitative estimate of drug-likeness (QED) is 0.728. The molecule has 1 heterocycles. The number of methoxy groups -OCH3 is 1. The maximum atomic E-state index is 11.7. The van der Waals surface area contributed by atoms with Gasteiger partial charge in [-0.15, -0.1) is 0 Å². The summed E-state index contributed by atoms with van der Waals surface area (Å²) in [4.78, 5) is 20.9. The normalized spacial score (nSPS) is 14.3. The van der Waals surface area contributed by atoms with E-state index in [-0.39, 0.29) is 11.3 Å². The first kappa shape index (κ1) is 12.8. The van der Waals surface area contributed by atoms with Crippen LogP contribution in [-0.4, -0.2) is 34.7 Å². The number of H-pyrrole nitrogens is 1. The average molecular weight is 268 g/mol. The van der Waals surface area contributed by atoms with Crippen LogP contribution in [0.2, 0.25) is 0 Å². The van der Waals surface area contributed by atoms with Gasteiger partial charge in [0.15, 0.2) is 5.82 Å². The third-order valence-electron chi connectivity index (χ3n) is 2.85. The monoisotopic (exact) mass is 268 g/mol. The van der Waals surface area contributed by atoms with Crippen LogP contribution in [0.4, 0.5) is 5.82 Å². The summed E-state index contributed by atoms with van der Waals surface area (Å²) in [6, 6.07) is 0.405. The van der Waals surface area contributed by atoms with Gasteiger partial charge in [-0.2, -0.15) is 0 Å². The number of aromatic amines is 1. The molecule has 0 radical (unpaired) electrons. The molecule has 6 nitrogen and oxygen atoms in total. The topological polar surface area (TPSA) is 84.2 Å². The summed E-state index contributed by atoms with van der Waals surface area (Å²) < 4.78 is 5.13. The third-order valence-corrected chi connectivity index (χ3v) is 3.06. The van der Waals surface area contributed by atoms with Crippen LogP contribution in [0.5, 0.6) is 5.75 Å². The van der Waals surface area contributed by atoms with E-state index in [4.69, 9.17) is 22.7 Å². The zero-order chi connectivity index (χ0) is 13.1. The van der Waals surface area contributed by atoms with Crippen molar-refractivity contribution < 1.29 is 4.74 Å². The van der Waals surface area contributed by atoms with Crippen LogP contribution in [0.1, 0.15) is 19.3 Å². The molecule has 3 N–H and O–H groups in total. The van der Waals surface area contributed by atoms with Gasteiger partial charge in [-0.3, -0.25) is 4.79 Å². The van der Waals surface area contributed by atoms with E-state index in [9.17, 15) is 4.79 Å². The molecule has 0 aromatic carbocycles. The van der Waals surface area contributed by atoms with Crippen LogP contribution < -0.4 is 20.9 Å². The highest BCUT2D eigenvalue weighted by atomic mass is 32.1. The highest BCUT2D eigenvalue weighted by Crippen LogP contribution is 2.33. The molecule has 98 valence electrons. The number of nitrogens with one attached hydrogen (secondary N) is 1. The predicted octanol–water partition coefficient (Wildman–Crippen LogP) is 0.424. The number of hydrogen-bond acceptors (Lipinski definition) is 5. The summed E-state index contributed by atoms with van der Waals surface area (Å²) in [6.45, 7) is 0.660. The lowest BCUT2D eigenvalue weighted by atomic mass is 10.3. The Morgan fingerprint density at radius 1 is 1.72 bits per heavy atom. The van der Waals surface area contributed by atoms with Crippen molar-refractivity contribution >= 4 is 23.0 Å². The minimum Gasteiger partial charge on any atom is -0.489 e. The minimum absolute atomic E-state index is 0.243. The molecule has 1 aliphatic carbocycles. The van der Waals surface area contributed by atoms with Crippen molar-refractivity contribution in [3.8, 4) is 5.75 Å². The maximum absolute atomic E-state index is 11.7. The van der Waals surface area contributed by atoms with Crippen molar-refractivity contribution in [3.63, 3.8) is 0 Å². The van der Waals surface area contributed by atoms with Crippen LogP contribution in [-0.2, 0) is 0 Å². The van der Waals surface area contributed by atoms with Gasteiger partial charge < -0.3 is 20.4 Å². The largest absolute Gasteiger partial charge is 0.489 e. The molecular weight excluding hydrogens is 252 g/mol. The van der Waals surface area contributed by atoms with E-state index in [1.165, 1.54) is 13.4 Å². The van der Waals surface area contributed by atoms with Gasteiger partial charge in [-0.05, 0) is 12.8 Å². The first-order chi connectivity index (χ1) is 8.63. The van der Waals surface area contributed by atoms with Gasteiger partial charge in [-0.1, -0.05) is 12.2 Å². The Morgan fingerprint density at radius 2 is 2.44 bits per heavy atom. The fourth-order valence-corrected chi connectivity index (χ4v) is 1.94. The van der Waals surface area contributed by atoms with E-state index >= 15 is 0 Å². The Hall–Kier alpha value is -1.63. The van der Waals surface area contributed by atoms with Crippen LogP contribution in [0, 0.1) is 0 Å². The number of thiocarbonyl (C=S) groups is 1. The molecule has 0 bridgehead atoms.